The van der Waals surface area contributed by atoms with Gasteiger partial charge in [-0.15, -0.1) is 0 Å². The Kier molecular flexibility index (Phi) is 11.5. The van der Waals surface area contributed by atoms with Crippen LogP contribution in [0.4, 0.5) is 10.1 Å². The smallest absolute Gasteiger partial charge is 0.252 e. The van der Waals surface area contributed by atoms with E-state index in [2.05, 4.69) is 23.7 Å². The first-order valence-corrected chi connectivity index (χ1v) is 13.3. The average Bonchev–Trinajstić information content (AvgIpc) is 2.86. The third-order valence-electron chi connectivity index (χ3n) is 6.60. The Morgan fingerprint density at radius 2 is 1.76 bits per heavy atom. The van der Waals surface area contributed by atoms with Crippen molar-refractivity contribution in [2.24, 2.45) is 5.92 Å². The molecule has 0 spiro atoms. The highest BCUT2D eigenvalue weighted by atomic mass is 19.1. The van der Waals surface area contributed by atoms with Gasteiger partial charge in [0.15, 0.2) is 0 Å². The van der Waals surface area contributed by atoms with Gasteiger partial charge in [-0.3, -0.25) is 14.6 Å². The van der Waals surface area contributed by atoms with Gasteiger partial charge in [-0.2, -0.15) is 0 Å². The Balaban J connectivity index is 1.84. The number of methoxy groups -OCH3 is 1. The molecule has 202 valence electrons. The highest BCUT2D eigenvalue weighted by Crippen LogP contribution is 2.25. The lowest BCUT2D eigenvalue weighted by molar-refractivity contribution is -0.132. The van der Waals surface area contributed by atoms with Gasteiger partial charge < -0.3 is 19.4 Å². The van der Waals surface area contributed by atoms with Gasteiger partial charge in [0.1, 0.15) is 12.4 Å². The molecule has 2 heterocycles. The molecule has 0 N–H and O–H groups in total. The molecule has 8 heteroatoms. The minimum atomic E-state index is -0.377. The highest BCUT2D eigenvalue weighted by molar-refractivity contribution is 5.95. The van der Waals surface area contributed by atoms with Gasteiger partial charge in [-0.25, -0.2) is 4.39 Å². The van der Waals surface area contributed by atoms with E-state index >= 15 is 0 Å². The number of nitrogens with zero attached hydrogens (tertiary/aromatic N) is 4. The molecule has 3 rings (SSSR count). The Bertz CT molecular complexity index is 1000. The number of fused-ring (bicyclic) bond motifs is 1. The number of pyridine rings is 1. The Hall–Kier alpha value is -2.84. The van der Waals surface area contributed by atoms with E-state index in [1.54, 1.807) is 23.4 Å². The number of carbonyl (C=O) groups is 2. The average molecular weight is 513 g/mol. The van der Waals surface area contributed by atoms with Crippen LogP contribution in [0.15, 0.2) is 42.7 Å². The number of hydrogen-bond donors (Lipinski definition) is 0. The molecule has 0 fully saturated rings. The van der Waals surface area contributed by atoms with E-state index in [0.29, 0.717) is 36.7 Å². The molecule has 0 aliphatic carbocycles. The summed E-state index contributed by atoms with van der Waals surface area (Å²) in [6.07, 6.45) is 7.12. The molecule has 0 saturated carbocycles. The molecule has 2 aromatic rings. The number of benzene rings is 1. The molecule has 1 aromatic heterocycles. The van der Waals surface area contributed by atoms with Gasteiger partial charge in [0.25, 0.3) is 5.91 Å². The van der Waals surface area contributed by atoms with Gasteiger partial charge in [-0.05, 0) is 86.1 Å². The van der Waals surface area contributed by atoms with E-state index in [0.717, 1.165) is 50.9 Å². The predicted octanol–water partition coefficient (Wildman–Crippen LogP) is 4.30. The van der Waals surface area contributed by atoms with Crippen LogP contribution in [0.1, 0.15) is 50.7 Å². The number of amides is 2. The number of hydrogen-bond acceptors (Lipinski definition) is 5. The normalized spacial score (nSPS) is 15.7. The summed E-state index contributed by atoms with van der Waals surface area (Å²) in [5.74, 6) is 0.0245. The summed E-state index contributed by atoms with van der Waals surface area (Å²) < 4.78 is 19.5. The second kappa shape index (κ2) is 14.8. The molecule has 0 atom stereocenters. The number of anilines is 1. The van der Waals surface area contributed by atoms with Crippen LogP contribution in [-0.2, 0) is 27.3 Å². The van der Waals surface area contributed by atoms with E-state index in [4.69, 9.17) is 4.74 Å². The summed E-state index contributed by atoms with van der Waals surface area (Å²) in [5.41, 5.74) is 2.45. The second-order valence-electron chi connectivity index (χ2n) is 10.2. The van der Waals surface area contributed by atoms with Crippen molar-refractivity contribution in [1.29, 1.82) is 0 Å². The first kappa shape index (κ1) is 28.7. The van der Waals surface area contributed by atoms with Crippen molar-refractivity contribution >= 4 is 17.5 Å². The van der Waals surface area contributed by atoms with Gasteiger partial charge in [0.2, 0.25) is 5.91 Å². The molecular weight excluding hydrogens is 471 g/mol. The maximum Gasteiger partial charge on any atom is 0.252 e. The zero-order valence-corrected chi connectivity index (χ0v) is 22.5. The quantitative estimate of drug-likeness (QED) is 0.528. The van der Waals surface area contributed by atoms with Crippen LogP contribution >= 0.6 is 0 Å². The monoisotopic (exact) mass is 512 g/mol. The number of carbonyl (C=O) groups excluding carboxylic acids is 2. The number of aromatic nitrogens is 1. The lowest BCUT2D eigenvalue weighted by atomic mass is 10.1. The van der Waals surface area contributed by atoms with Crippen molar-refractivity contribution in [3.63, 3.8) is 0 Å². The summed E-state index contributed by atoms with van der Waals surface area (Å²) in [4.78, 5) is 36.4. The molecule has 0 radical (unpaired) electrons. The fourth-order valence-corrected chi connectivity index (χ4v) is 4.92. The molecule has 37 heavy (non-hydrogen) atoms. The van der Waals surface area contributed by atoms with Crippen molar-refractivity contribution < 1.29 is 18.7 Å². The van der Waals surface area contributed by atoms with Crippen molar-refractivity contribution in [3.05, 3.63) is 59.7 Å². The summed E-state index contributed by atoms with van der Waals surface area (Å²) >= 11 is 0. The van der Waals surface area contributed by atoms with E-state index < -0.39 is 0 Å². The fraction of sp³-hybridized carbons (Fsp3) is 0.552. The SMILES string of the molecule is COCC(=O)N1CCCN(CC(C)C)CCCN(C(=O)CCCc2ccncc2)Cc2cc(F)ccc21. The largest absolute Gasteiger partial charge is 0.375 e. The fourth-order valence-electron chi connectivity index (χ4n) is 4.92. The maximum absolute atomic E-state index is 14.4. The predicted molar refractivity (Wildman–Crippen MR) is 144 cm³/mol. The molecule has 0 unspecified atom stereocenters. The number of rotatable bonds is 8. The lowest BCUT2D eigenvalue weighted by Crippen LogP contribution is -2.40. The number of aryl methyl sites for hydroxylation is 1. The van der Waals surface area contributed by atoms with Crippen LogP contribution < -0.4 is 4.90 Å². The minimum Gasteiger partial charge on any atom is -0.375 e. The molecular formula is C29H41FN4O3. The number of halogens is 1. The second-order valence-corrected chi connectivity index (χ2v) is 10.2. The van der Waals surface area contributed by atoms with Crippen molar-refractivity contribution in [2.75, 3.05) is 51.3 Å². The van der Waals surface area contributed by atoms with Gasteiger partial charge >= 0.3 is 0 Å². The summed E-state index contributed by atoms with van der Waals surface area (Å²) in [6, 6.07) is 8.42. The summed E-state index contributed by atoms with van der Waals surface area (Å²) in [7, 11) is 1.50. The van der Waals surface area contributed by atoms with Crippen molar-refractivity contribution in [2.45, 2.75) is 52.5 Å². The first-order chi connectivity index (χ1) is 17.9. The van der Waals surface area contributed by atoms with Crippen LogP contribution in [0.3, 0.4) is 0 Å². The Morgan fingerprint density at radius 3 is 2.46 bits per heavy atom. The standard InChI is InChI=1S/C29H41FN4O3/c1-23(2)20-32-15-5-17-33(28(35)8-4-7-24-11-13-31-14-12-24)21-25-19-26(30)9-10-27(25)34(18-6-16-32)29(36)22-37-3/h9-14,19,23H,4-8,15-18,20-22H2,1-3H3. The molecule has 1 aromatic carbocycles. The number of ether oxygens (including phenoxy) is 1. The van der Waals surface area contributed by atoms with Gasteiger partial charge in [0, 0.05) is 57.8 Å². The van der Waals surface area contributed by atoms with Crippen LogP contribution in [0, 0.1) is 11.7 Å². The van der Waals surface area contributed by atoms with Crippen LogP contribution in [-0.4, -0.2) is 73.0 Å². The minimum absolute atomic E-state index is 0.0477. The van der Waals surface area contributed by atoms with E-state index in [1.807, 2.05) is 17.0 Å². The van der Waals surface area contributed by atoms with Crippen LogP contribution in [0.5, 0.6) is 0 Å². The van der Waals surface area contributed by atoms with E-state index in [9.17, 15) is 14.0 Å². The van der Waals surface area contributed by atoms with E-state index in [1.165, 1.54) is 19.2 Å². The zero-order valence-electron chi connectivity index (χ0n) is 22.5. The maximum atomic E-state index is 14.4. The highest BCUT2D eigenvalue weighted by Gasteiger charge is 2.23. The third-order valence-corrected chi connectivity index (χ3v) is 6.60. The Labute approximate surface area is 220 Å². The lowest BCUT2D eigenvalue weighted by Gasteiger charge is -2.32. The van der Waals surface area contributed by atoms with Crippen LogP contribution in [0.25, 0.3) is 0 Å². The molecule has 1 aliphatic rings. The van der Waals surface area contributed by atoms with E-state index in [-0.39, 0.29) is 30.8 Å². The van der Waals surface area contributed by atoms with Gasteiger partial charge in [0.05, 0.1) is 0 Å². The van der Waals surface area contributed by atoms with Crippen LogP contribution in [0.2, 0.25) is 0 Å². The molecule has 7 nitrogen and oxygen atoms in total. The molecule has 1 aliphatic heterocycles. The Morgan fingerprint density at radius 1 is 1.03 bits per heavy atom. The first-order valence-electron chi connectivity index (χ1n) is 13.3. The topological polar surface area (TPSA) is 66.0 Å². The molecule has 2 amide bonds. The van der Waals surface area contributed by atoms with Crippen molar-refractivity contribution in [3.8, 4) is 0 Å². The summed E-state index contributed by atoms with van der Waals surface area (Å²) in [6.45, 7) is 8.41. The zero-order chi connectivity index (χ0) is 26.6. The van der Waals surface area contributed by atoms with Crippen molar-refractivity contribution in [1.82, 2.24) is 14.8 Å². The third kappa shape index (κ3) is 9.20. The van der Waals surface area contributed by atoms with Gasteiger partial charge in [-0.1, -0.05) is 13.8 Å². The summed E-state index contributed by atoms with van der Waals surface area (Å²) in [5, 5.41) is 0. The molecule has 0 bridgehead atoms. The molecule has 0 saturated heterocycles.